The Morgan fingerprint density at radius 2 is 0.447 bits per heavy atom. The summed E-state index contributed by atoms with van der Waals surface area (Å²) in [5, 5.41) is 0. The predicted octanol–water partition coefficient (Wildman–Crippen LogP) is 23.4. The van der Waals surface area contributed by atoms with Crippen molar-refractivity contribution in [3.05, 3.63) is 24.3 Å². The lowest BCUT2D eigenvalue weighted by atomic mass is 10.0. The third-order valence-corrected chi connectivity index (χ3v) is 15.7. The molecule has 0 heterocycles. The van der Waals surface area contributed by atoms with Crippen molar-refractivity contribution in [2.24, 2.45) is 0 Å². The largest absolute Gasteiger partial charge is 0.462 e. The van der Waals surface area contributed by atoms with Gasteiger partial charge in [0.2, 0.25) is 0 Å². The van der Waals surface area contributed by atoms with Gasteiger partial charge in [0.25, 0.3) is 0 Å². The molecule has 1 atom stereocenters. The highest BCUT2D eigenvalue weighted by atomic mass is 16.6. The van der Waals surface area contributed by atoms with Crippen molar-refractivity contribution in [1.82, 2.24) is 0 Å². The molecule has 0 N–H and O–H groups in total. The molecule has 0 radical (unpaired) electrons. The van der Waals surface area contributed by atoms with Crippen LogP contribution in [0.1, 0.15) is 387 Å². The van der Waals surface area contributed by atoms with Crippen LogP contribution in [0.5, 0.6) is 0 Å². The third-order valence-electron chi connectivity index (χ3n) is 15.7. The Hall–Kier alpha value is -2.11. The second-order valence-electron chi connectivity index (χ2n) is 23.4. The van der Waals surface area contributed by atoms with Crippen LogP contribution in [0.3, 0.4) is 0 Å². The molecule has 6 heteroatoms. The fourth-order valence-electron chi connectivity index (χ4n) is 10.5. The Bertz CT molecular complexity index is 1230. The van der Waals surface area contributed by atoms with E-state index in [4.69, 9.17) is 14.2 Å². The summed E-state index contributed by atoms with van der Waals surface area (Å²) in [5.41, 5.74) is 0. The van der Waals surface area contributed by atoms with Crippen molar-refractivity contribution in [1.29, 1.82) is 0 Å². The van der Waals surface area contributed by atoms with Gasteiger partial charge in [-0.2, -0.15) is 0 Å². The number of unbranched alkanes of at least 4 members (excludes halogenated alkanes) is 49. The van der Waals surface area contributed by atoms with Crippen LogP contribution in [0.4, 0.5) is 0 Å². The third kappa shape index (κ3) is 62.7. The van der Waals surface area contributed by atoms with Crippen LogP contribution in [0.25, 0.3) is 0 Å². The van der Waals surface area contributed by atoms with E-state index in [2.05, 4.69) is 45.1 Å². The molecule has 0 bridgehead atoms. The molecule has 0 aliphatic heterocycles. The summed E-state index contributed by atoms with van der Waals surface area (Å²) >= 11 is 0. The van der Waals surface area contributed by atoms with Gasteiger partial charge in [-0.1, -0.05) is 328 Å². The molecule has 76 heavy (non-hydrogen) atoms. The summed E-state index contributed by atoms with van der Waals surface area (Å²) in [7, 11) is 0. The monoisotopic (exact) mass is 1070 g/mol. The Labute approximate surface area is 474 Å². The molecule has 0 fully saturated rings. The molecule has 0 rings (SSSR count). The molecule has 0 amide bonds. The Morgan fingerprint density at radius 3 is 0.697 bits per heavy atom. The van der Waals surface area contributed by atoms with Gasteiger partial charge in [0.1, 0.15) is 13.2 Å². The van der Waals surface area contributed by atoms with Crippen molar-refractivity contribution < 1.29 is 28.6 Å². The second kappa shape index (κ2) is 65.4. The summed E-state index contributed by atoms with van der Waals surface area (Å²) in [6, 6.07) is 0. The molecule has 448 valence electrons. The van der Waals surface area contributed by atoms with Gasteiger partial charge in [-0.25, -0.2) is 0 Å². The van der Waals surface area contributed by atoms with Crippen molar-refractivity contribution in [2.75, 3.05) is 13.2 Å². The van der Waals surface area contributed by atoms with E-state index in [0.29, 0.717) is 19.3 Å². The highest BCUT2D eigenvalue weighted by molar-refractivity contribution is 5.71. The minimum Gasteiger partial charge on any atom is -0.462 e. The lowest BCUT2D eigenvalue weighted by molar-refractivity contribution is -0.167. The van der Waals surface area contributed by atoms with E-state index in [9.17, 15) is 14.4 Å². The average Bonchev–Trinajstić information content (AvgIpc) is 3.42. The van der Waals surface area contributed by atoms with Gasteiger partial charge < -0.3 is 14.2 Å². The molecule has 0 aromatic heterocycles. The zero-order valence-electron chi connectivity index (χ0n) is 51.6. The lowest BCUT2D eigenvalue weighted by Gasteiger charge is -2.18. The standard InChI is InChI=1S/C70H132O6/c1-4-7-10-13-16-19-22-24-26-28-29-30-31-32-33-34-35-36-37-38-39-40-42-43-45-48-51-54-57-60-63-69(72)75-66-67(65-74-68(71)62-59-56-53-50-47-21-18-15-12-9-6-3)76-70(73)64-61-58-55-52-49-46-44-41-27-25-23-20-17-14-11-8-5-2/h15,18,25,27,67H,4-14,16-17,19-24,26,28-66H2,1-3H3/b18-15-,27-25-. The van der Waals surface area contributed by atoms with Gasteiger partial charge in [-0.15, -0.1) is 0 Å². The summed E-state index contributed by atoms with van der Waals surface area (Å²) in [6.07, 6.45) is 79.4. The smallest absolute Gasteiger partial charge is 0.306 e. The molecule has 0 aliphatic carbocycles. The summed E-state index contributed by atoms with van der Waals surface area (Å²) in [4.78, 5) is 38.3. The topological polar surface area (TPSA) is 78.9 Å². The van der Waals surface area contributed by atoms with Gasteiger partial charge in [0, 0.05) is 19.3 Å². The minimum atomic E-state index is -0.774. The van der Waals surface area contributed by atoms with Gasteiger partial charge in [0.15, 0.2) is 6.10 Å². The van der Waals surface area contributed by atoms with Gasteiger partial charge in [-0.3, -0.25) is 14.4 Å². The van der Waals surface area contributed by atoms with E-state index in [1.165, 1.54) is 283 Å². The molecule has 0 saturated carbocycles. The van der Waals surface area contributed by atoms with Crippen LogP contribution in [0.2, 0.25) is 0 Å². The van der Waals surface area contributed by atoms with Crippen molar-refractivity contribution >= 4 is 17.9 Å². The highest BCUT2D eigenvalue weighted by Crippen LogP contribution is 2.19. The van der Waals surface area contributed by atoms with Crippen LogP contribution in [-0.4, -0.2) is 37.2 Å². The summed E-state index contributed by atoms with van der Waals surface area (Å²) in [5.74, 6) is -0.860. The SMILES string of the molecule is CCCC/C=C\CCCCCCCC(=O)OCC(COC(=O)CCCCCCCCCCCCCCCCCCCCCCCCCCCCCCCC)OC(=O)CCCCCCCCC/C=C\CCCCCCCC. The number of rotatable bonds is 64. The van der Waals surface area contributed by atoms with Crippen LogP contribution in [-0.2, 0) is 28.6 Å². The molecular formula is C70H132O6. The number of ether oxygens (including phenoxy) is 3. The number of esters is 3. The van der Waals surface area contributed by atoms with E-state index in [-0.39, 0.29) is 31.1 Å². The van der Waals surface area contributed by atoms with Crippen molar-refractivity contribution in [3.8, 4) is 0 Å². The fraction of sp³-hybridized carbons (Fsp3) is 0.900. The zero-order chi connectivity index (χ0) is 55.0. The fourth-order valence-corrected chi connectivity index (χ4v) is 10.5. The summed E-state index contributed by atoms with van der Waals surface area (Å²) in [6.45, 7) is 6.65. The molecule has 6 nitrogen and oxygen atoms in total. The number of allylic oxidation sites excluding steroid dienone is 4. The number of hydrogen-bond acceptors (Lipinski definition) is 6. The number of hydrogen-bond donors (Lipinski definition) is 0. The molecular weight excluding hydrogens is 937 g/mol. The van der Waals surface area contributed by atoms with E-state index >= 15 is 0 Å². The zero-order valence-corrected chi connectivity index (χ0v) is 51.6. The van der Waals surface area contributed by atoms with Gasteiger partial charge in [-0.05, 0) is 64.2 Å². The molecule has 0 aliphatic rings. The van der Waals surface area contributed by atoms with Crippen LogP contribution < -0.4 is 0 Å². The number of carbonyl (C=O) groups excluding carboxylic acids is 3. The van der Waals surface area contributed by atoms with Crippen LogP contribution >= 0.6 is 0 Å². The minimum absolute atomic E-state index is 0.0709. The number of carbonyl (C=O) groups is 3. The second-order valence-corrected chi connectivity index (χ2v) is 23.4. The maximum atomic E-state index is 12.9. The van der Waals surface area contributed by atoms with E-state index in [1.807, 2.05) is 0 Å². The van der Waals surface area contributed by atoms with Crippen molar-refractivity contribution in [3.63, 3.8) is 0 Å². The van der Waals surface area contributed by atoms with E-state index in [1.54, 1.807) is 0 Å². The maximum absolute atomic E-state index is 12.9. The molecule has 0 saturated heterocycles. The first kappa shape index (κ1) is 73.9. The summed E-state index contributed by atoms with van der Waals surface area (Å²) < 4.78 is 16.9. The predicted molar refractivity (Wildman–Crippen MR) is 330 cm³/mol. The van der Waals surface area contributed by atoms with E-state index < -0.39 is 6.10 Å². The molecule has 0 aromatic carbocycles. The van der Waals surface area contributed by atoms with Gasteiger partial charge in [0.05, 0.1) is 0 Å². The normalized spacial score (nSPS) is 12.1. The Morgan fingerprint density at radius 1 is 0.250 bits per heavy atom. The average molecular weight is 1070 g/mol. The van der Waals surface area contributed by atoms with E-state index in [0.717, 1.165) is 64.2 Å². The first-order valence-corrected chi connectivity index (χ1v) is 34.3. The first-order valence-electron chi connectivity index (χ1n) is 34.3. The van der Waals surface area contributed by atoms with Crippen molar-refractivity contribution in [2.45, 2.75) is 393 Å². The Balaban J connectivity index is 4.10. The van der Waals surface area contributed by atoms with Crippen LogP contribution in [0.15, 0.2) is 24.3 Å². The Kier molecular flexibility index (Phi) is 63.6. The lowest BCUT2D eigenvalue weighted by Crippen LogP contribution is -2.30. The molecule has 0 spiro atoms. The highest BCUT2D eigenvalue weighted by Gasteiger charge is 2.19. The van der Waals surface area contributed by atoms with Crippen LogP contribution in [0, 0.1) is 0 Å². The molecule has 0 aromatic rings. The van der Waals surface area contributed by atoms with Gasteiger partial charge >= 0.3 is 17.9 Å². The maximum Gasteiger partial charge on any atom is 0.306 e. The first-order chi connectivity index (χ1) is 37.5. The quantitative estimate of drug-likeness (QED) is 0.0261. The molecule has 1 unspecified atom stereocenters.